The molecule has 1 aromatic carbocycles. The van der Waals surface area contributed by atoms with Gasteiger partial charge in [-0.05, 0) is 36.1 Å². The Labute approximate surface area is 125 Å². The van der Waals surface area contributed by atoms with Gasteiger partial charge in [0.25, 0.3) is 0 Å². The van der Waals surface area contributed by atoms with E-state index in [1.165, 1.54) is 0 Å². The van der Waals surface area contributed by atoms with Crippen molar-refractivity contribution >= 4 is 50.6 Å². The summed E-state index contributed by atoms with van der Waals surface area (Å²) in [6.45, 7) is 1.98. The molecule has 3 aromatic rings. The lowest BCUT2D eigenvalue weighted by molar-refractivity contribution is 1.20. The second kappa shape index (κ2) is 5.26. The summed E-state index contributed by atoms with van der Waals surface area (Å²) >= 11 is 7.74. The molecule has 20 heavy (non-hydrogen) atoms. The van der Waals surface area contributed by atoms with Crippen molar-refractivity contribution in [1.29, 1.82) is 0 Å². The van der Waals surface area contributed by atoms with Crippen LogP contribution in [0.3, 0.4) is 0 Å². The molecule has 3 rings (SSSR count). The maximum atomic E-state index is 6.15. The van der Waals surface area contributed by atoms with Gasteiger partial charge in [-0.1, -0.05) is 17.7 Å². The summed E-state index contributed by atoms with van der Waals surface area (Å²) in [7, 11) is 1.81. The SMILES string of the molecule is CNc1nc(Nc2cccc(Cl)c2C)c2ccsc2n1. The van der Waals surface area contributed by atoms with E-state index >= 15 is 0 Å². The Hall–Kier alpha value is -1.85. The Bertz CT molecular complexity index is 769. The lowest BCUT2D eigenvalue weighted by Gasteiger charge is -2.11. The average Bonchev–Trinajstić information content (AvgIpc) is 2.92. The monoisotopic (exact) mass is 304 g/mol. The minimum Gasteiger partial charge on any atom is -0.357 e. The molecule has 6 heteroatoms. The molecule has 0 fully saturated rings. The molecule has 0 bridgehead atoms. The highest BCUT2D eigenvalue weighted by Crippen LogP contribution is 2.31. The van der Waals surface area contributed by atoms with Gasteiger partial charge in [0, 0.05) is 17.8 Å². The van der Waals surface area contributed by atoms with Crippen LogP contribution in [0, 0.1) is 6.92 Å². The highest BCUT2D eigenvalue weighted by Gasteiger charge is 2.10. The molecule has 0 unspecified atom stereocenters. The summed E-state index contributed by atoms with van der Waals surface area (Å²) in [6, 6.07) is 7.80. The van der Waals surface area contributed by atoms with Crippen LogP contribution in [0.5, 0.6) is 0 Å². The second-order valence-corrected chi connectivity index (χ2v) is 5.62. The van der Waals surface area contributed by atoms with Crippen LogP contribution in [0.4, 0.5) is 17.5 Å². The molecule has 0 spiro atoms. The number of nitrogens with zero attached hydrogens (tertiary/aromatic N) is 2. The molecule has 0 aliphatic heterocycles. The van der Waals surface area contributed by atoms with E-state index in [1.54, 1.807) is 11.3 Å². The lowest BCUT2D eigenvalue weighted by atomic mass is 10.2. The zero-order valence-corrected chi connectivity index (χ0v) is 12.6. The number of anilines is 3. The van der Waals surface area contributed by atoms with Crippen LogP contribution >= 0.6 is 22.9 Å². The average molecular weight is 305 g/mol. The van der Waals surface area contributed by atoms with Crippen LogP contribution in [0.2, 0.25) is 5.02 Å². The Kier molecular flexibility index (Phi) is 3.46. The molecule has 2 N–H and O–H groups in total. The first kappa shape index (κ1) is 13.1. The normalized spacial score (nSPS) is 10.8. The van der Waals surface area contributed by atoms with E-state index in [1.807, 2.05) is 43.6 Å². The topological polar surface area (TPSA) is 49.8 Å². The number of halogens is 1. The summed E-state index contributed by atoms with van der Waals surface area (Å²) in [5.41, 5.74) is 1.95. The second-order valence-electron chi connectivity index (χ2n) is 4.32. The van der Waals surface area contributed by atoms with Crippen LogP contribution in [0.15, 0.2) is 29.6 Å². The fraction of sp³-hybridized carbons (Fsp3) is 0.143. The van der Waals surface area contributed by atoms with Crippen molar-refractivity contribution < 1.29 is 0 Å². The van der Waals surface area contributed by atoms with E-state index in [4.69, 9.17) is 11.6 Å². The van der Waals surface area contributed by atoms with Gasteiger partial charge in [-0.3, -0.25) is 0 Å². The minimum absolute atomic E-state index is 0.599. The molecule has 0 radical (unpaired) electrons. The van der Waals surface area contributed by atoms with E-state index in [0.29, 0.717) is 5.95 Å². The van der Waals surface area contributed by atoms with E-state index in [-0.39, 0.29) is 0 Å². The molecular formula is C14H13ClN4S. The number of fused-ring (bicyclic) bond motifs is 1. The fourth-order valence-electron chi connectivity index (χ4n) is 1.93. The number of rotatable bonds is 3. The van der Waals surface area contributed by atoms with Crippen LogP contribution in [0.1, 0.15) is 5.56 Å². The van der Waals surface area contributed by atoms with Crippen LogP contribution in [-0.4, -0.2) is 17.0 Å². The number of thiophene rings is 1. The number of hydrogen-bond acceptors (Lipinski definition) is 5. The molecule has 2 aromatic heterocycles. The molecule has 0 amide bonds. The standard InChI is InChI=1S/C14H13ClN4S/c1-8-10(15)4-3-5-11(8)17-12-9-6-7-20-13(9)19-14(16-2)18-12/h3-7H,1-2H3,(H2,16,17,18,19). The van der Waals surface area contributed by atoms with E-state index in [0.717, 1.165) is 32.3 Å². The van der Waals surface area contributed by atoms with Crippen molar-refractivity contribution in [2.75, 3.05) is 17.7 Å². The third kappa shape index (κ3) is 2.30. The van der Waals surface area contributed by atoms with Crippen molar-refractivity contribution in [3.63, 3.8) is 0 Å². The van der Waals surface area contributed by atoms with Gasteiger partial charge in [-0.15, -0.1) is 11.3 Å². The first-order valence-corrected chi connectivity index (χ1v) is 7.40. The minimum atomic E-state index is 0.599. The third-order valence-electron chi connectivity index (χ3n) is 3.07. The van der Waals surface area contributed by atoms with E-state index in [2.05, 4.69) is 20.6 Å². The predicted octanol–water partition coefficient (Wildman–Crippen LogP) is 4.44. The van der Waals surface area contributed by atoms with Crippen LogP contribution in [0.25, 0.3) is 10.2 Å². The molecular weight excluding hydrogens is 292 g/mol. The van der Waals surface area contributed by atoms with Crippen LogP contribution < -0.4 is 10.6 Å². The highest BCUT2D eigenvalue weighted by atomic mass is 35.5. The van der Waals surface area contributed by atoms with Crippen molar-refractivity contribution in [3.8, 4) is 0 Å². The van der Waals surface area contributed by atoms with Crippen molar-refractivity contribution in [2.45, 2.75) is 6.92 Å². The zero-order valence-electron chi connectivity index (χ0n) is 11.1. The summed E-state index contributed by atoms with van der Waals surface area (Å²) in [6.07, 6.45) is 0. The zero-order chi connectivity index (χ0) is 14.1. The maximum absolute atomic E-state index is 6.15. The van der Waals surface area contributed by atoms with E-state index in [9.17, 15) is 0 Å². The number of nitrogens with one attached hydrogen (secondary N) is 2. The van der Waals surface area contributed by atoms with Gasteiger partial charge in [0.15, 0.2) is 0 Å². The van der Waals surface area contributed by atoms with Gasteiger partial charge >= 0.3 is 0 Å². The molecule has 0 saturated heterocycles. The predicted molar refractivity (Wildman–Crippen MR) is 86.4 cm³/mol. The molecule has 2 heterocycles. The summed E-state index contributed by atoms with van der Waals surface area (Å²) in [5.74, 6) is 1.38. The number of aromatic nitrogens is 2. The Morgan fingerprint density at radius 3 is 2.85 bits per heavy atom. The smallest absolute Gasteiger partial charge is 0.225 e. The van der Waals surface area contributed by atoms with Gasteiger partial charge in [0.05, 0.1) is 5.39 Å². The molecule has 0 atom stereocenters. The first-order valence-electron chi connectivity index (χ1n) is 6.14. The lowest BCUT2D eigenvalue weighted by Crippen LogP contribution is -2.01. The number of benzene rings is 1. The highest BCUT2D eigenvalue weighted by molar-refractivity contribution is 7.16. The van der Waals surface area contributed by atoms with Gasteiger partial charge in [0.2, 0.25) is 5.95 Å². The van der Waals surface area contributed by atoms with E-state index < -0.39 is 0 Å². The van der Waals surface area contributed by atoms with Crippen molar-refractivity contribution in [3.05, 3.63) is 40.2 Å². The summed E-state index contributed by atoms with van der Waals surface area (Å²) < 4.78 is 0. The van der Waals surface area contributed by atoms with Gasteiger partial charge in [-0.2, -0.15) is 4.98 Å². The molecule has 4 nitrogen and oxygen atoms in total. The van der Waals surface area contributed by atoms with Gasteiger partial charge < -0.3 is 10.6 Å². The summed E-state index contributed by atoms with van der Waals surface area (Å²) in [4.78, 5) is 9.86. The molecule has 0 saturated carbocycles. The Morgan fingerprint density at radius 1 is 1.20 bits per heavy atom. The quantitative estimate of drug-likeness (QED) is 0.751. The fourth-order valence-corrected chi connectivity index (χ4v) is 2.87. The largest absolute Gasteiger partial charge is 0.357 e. The molecule has 102 valence electrons. The third-order valence-corrected chi connectivity index (χ3v) is 4.29. The van der Waals surface area contributed by atoms with Crippen molar-refractivity contribution in [2.24, 2.45) is 0 Å². The van der Waals surface area contributed by atoms with Gasteiger partial charge in [0.1, 0.15) is 10.6 Å². The van der Waals surface area contributed by atoms with Crippen LogP contribution in [-0.2, 0) is 0 Å². The molecule has 0 aliphatic rings. The van der Waals surface area contributed by atoms with Gasteiger partial charge in [-0.25, -0.2) is 4.98 Å². The number of hydrogen-bond donors (Lipinski definition) is 2. The first-order chi connectivity index (χ1) is 9.69. The Balaban J connectivity index is 2.10. The molecule has 0 aliphatic carbocycles. The summed E-state index contributed by atoms with van der Waals surface area (Å²) in [5, 5.41) is 10.1. The Morgan fingerprint density at radius 2 is 2.05 bits per heavy atom. The maximum Gasteiger partial charge on any atom is 0.225 e. The van der Waals surface area contributed by atoms with Crippen molar-refractivity contribution in [1.82, 2.24) is 9.97 Å².